The van der Waals surface area contributed by atoms with Gasteiger partial charge in [0, 0.05) is 18.3 Å². The molecule has 0 bridgehead atoms. The van der Waals surface area contributed by atoms with Crippen LogP contribution < -0.4 is 15.9 Å². The summed E-state index contributed by atoms with van der Waals surface area (Å²) in [4.78, 5) is 0. The van der Waals surface area contributed by atoms with Crippen LogP contribution in [0, 0.1) is 0 Å². The van der Waals surface area contributed by atoms with E-state index in [1.165, 1.54) is 24.3 Å². The molecule has 2 aromatic rings. The number of anilines is 2. The Kier molecular flexibility index (Phi) is 7.88. The summed E-state index contributed by atoms with van der Waals surface area (Å²) in [6, 6.07) is 9.23. The van der Waals surface area contributed by atoms with E-state index >= 15 is 0 Å². The normalized spacial score (nSPS) is 19.1. The quantitative estimate of drug-likeness (QED) is 0.251. The molecule has 2 N–H and O–H groups in total. The summed E-state index contributed by atoms with van der Waals surface area (Å²) in [5, 5.41) is 6.14. The molecule has 0 radical (unpaired) electrons. The Hall–Kier alpha value is -2.75. The zero-order chi connectivity index (χ0) is 24.1. The smallest absolute Gasteiger partial charge is 0.321 e. The Morgan fingerprint density at radius 2 is 1.45 bits per heavy atom. The van der Waals surface area contributed by atoms with Crippen molar-refractivity contribution in [3.8, 4) is 0 Å². The fraction of sp³-hybridized carbons (Fsp3) is 0.435. The number of unbranched alkanes of at least 4 members (excludes halogenated alkanes) is 2. The third-order valence-corrected chi connectivity index (χ3v) is 5.52. The topological polar surface area (TPSA) is 39.7 Å². The molecule has 0 saturated heterocycles. The van der Waals surface area contributed by atoms with Gasteiger partial charge in [-0.3, -0.25) is 5.01 Å². The summed E-state index contributed by atoms with van der Waals surface area (Å²) >= 11 is 0. The number of benzene rings is 2. The number of hydrazine groups is 1. The van der Waals surface area contributed by atoms with E-state index in [2.05, 4.69) is 22.9 Å². The van der Waals surface area contributed by atoms with Gasteiger partial charge in [-0.25, -0.2) is 5.43 Å². The molecule has 2 atom stereocenters. The molecule has 0 fully saturated rings. The maximum Gasteiger partial charge on any atom is 0.416 e. The fourth-order valence-electron chi connectivity index (χ4n) is 3.72. The third-order valence-electron chi connectivity index (χ3n) is 5.52. The number of hydrogen-bond acceptors (Lipinski definition) is 4. The average molecular weight is 472 g/mol. The largest absolute Gasteiger partial charge is 0.416 e. The number of halogens is 6. The molecule has 1 heterocycles. The molecule has 3 rings (SSSR count). The number of alkyl halides is 6. The van der Waals surface area contributed by atoms with Gasteiger partial charge in [0.15, 0.2) is 0 Å². The summed E-state index contributed by atoms with van der Waals surface area (Å²) in [6.07, 6.45) is -2.91. The van der Waals surface area contributed by atoms with Crippen LogP contribution in [0.15, 0.2) is 53.6 Å². The lowest BCUT2D eigenvalue weighted by Gasteiger charge is -2.38. The lowest BCUT2D eigenvalue weighted by atomic mass is 9.97. The van der Waals surface area contributed by atoms with Crippen LogP contribution in [0.1, 0.15) is 50.2 Å². The van der Waals surface area contributed by atoms with Gasteiger partial charge in [-0.1, -0.05) is 26.2 Å². The second-order valence-corrected chi connectivity index (χ2v) is 7.94. The minimum atomic E-state index is -4.42. The molecule has 0 aliphatic carbocycles. The van der Waals surface area contributed by atoms with Crippen molar-refractivity contribution in [3.05, 3.63) is 59.7 Å². The highest BCUT2D eigenvalue weighted by Gasteiger charge is 2.33. The highest BCUT2D eigenvalue weighted by molar-refractivity contribution is 5.64. The molecule has 180 valence electrons. The molecule has 0 spiro atoms. The van der Waals surface area contributed by atoms with Gasteiger partial charge >= 0.3 is 12.4 Å². The van der Waals surface area contributed by atoms with Crippen molar-refractivity contribution in [1.29, 1.82) is 0 Å². The van der Waals surface area contributed by atoms with Crippen LogP contribution in [0.3, 0.4) is 0 Å². The Morgan fingerprint density at radius 1 is 0.879 bits per heavy atom. The van der Waals surface area contributed by atoms with E-state index in [-0.39, 0.29) is 12.1 Å². The second-order valence-electron chi connectivity index (χ2n) is 7.94. The summed E-state index contributed by atoms with van der Waals surface area (Å²) in [6.45, 7) is 2.08. The first-order valence-electron chi connectivity index (χ1n) is 10.8. The molecule has 0 aromatic heterocycles. The summed E-state index contributed by atoms with van der Waals surface area (Å²) in [5.41, 5.74) is 5.68. The maximum atomic E-state index is 12.9. The van der Waals surface area contributed by atoms with E-state index in [1.807, 2.05) is 0 Å². The van der Waals surface area contributed by atoms with E-state index < -0.39 is 23.5 Å². The van der Waals surface area contributed by atoms with Gasteiger partial charge < -0.3 is 5.43 Å². The lowest BCUT2D eigenvalue weighted by Crippen LogP contribution is -2.52. The summed E-state index contributed by atoms with van der Waals surface area (Å²) in [7, 11) is 0. The molecule has 0 saturated carbocycles. The van der Waals surface area contributed by atoms with Crippen LogP contribution in [0.2, 0.25) is 0 Å². The van der Waals surface area contributed by atoms with E-state index in [4.69, 9.17) is 0 Å². The van der Waals surface area contributed by atoms with Crippen molar-refractivity contribution in [3.63, 3.8) is 0 Å². The number of hydrogen-bond donors (Lipinski definition) is 2. The van der Waals surface area contributed by atoms with E-state index in [1.54, 1.807) is 11.2 Å². The number of hydrazone groups is 1. The molecule has 0 amide bonds. The van der Waals surface area contributed by atoms with Crippen molar-refractivity contribution in [2.24, 2.45) is 5.10 Å². The molecule has 2 aromatic carbocycles. The van der Waals surface area contributed by atoms with E-state index in [9.17, 15) is 26.3 Å². The Morgan fingerprint density at radius 3 is 2.00 bits per heavy atom. The van der Waals surface area contributed by atoms with Gasteiger partial charge in [0.1, 0.15) is 0 Å². The van der Waals surface area contributed by atoms with Crippen molar-refractivity contribution in [2.45, 2.75) is 63.5 Å². The highest BCUT2D eigenvalue weighted by atomic mass is 19.4. The van der Waals surface area contributed by atoms with E-state index in [0.29, 0.717) is 17.8 Å². The van der Waals surface area contributed by atoms with Crippen LogP contribution >= 0.6 is 0 Å². The van der Waals surface area contributed by atoms with Gasteiger partial charge in [0.25, 0.3) is 0 Å². The van der Waals surface area contributed by atoms with Gasteiger partial charge in [-0.15, -0.1) is 0 Å². The molecule has 1 aliphatic rings. The number of nitrogens with zero attached hydrogens (tertiary/aromatic N) is 2. The Bertz CT molecular complexity index is 907. The Labute approximate surface area is 188 Å². The van der Waals surface area contributed by atoms with Crippen LogP contribution in [-0.4, -0.2) is 18.3 Å². The first-order chi connectivity index (χ1) is 15.6. The van der Waals surface area contributed by atoms with Crippen LogP contribution in [0.5, 0.6) is 0 Å². The van der Waals surface area contributed by atoms with E-state index in [0.717, 1.165) is 49.9 Å². The number of rotatable bonds is 8. The van der Waals surface area contributed by atoms with Crippen LogP contribution in [0.25, 0.3) is 0 Å². The fourth-order valence-corrected chi connectivity index (χ4v) is 3.72. The van der Waals surface area contributed by atoms with Crippen molar-refractivity contribution < 1.29 is 26.3 Å². The second kappa shape index (κ2) is 10.5. The van der Waals surface area contributed by atoms with Gasteiger partial charge in [-0.2, -0.15) is 31.4 Å². The third kappa shape index (κ3) is 6.63. The predicted molar refractivity (Wildman–Crippen MR) is 117 cm³/mol. The summed E-state index contributed by atoms with van der Waals surface area (Å²) in [5.74, 6) is 0. The summed E-state index contributed by atoms with van der Waals surface area (Å²) < 4.78 is 77.1. The number of nitrogens with one attached hydrogen (secondary N) is 2. The predicted octanol–water partition coefficient (Wildman–Crippen LogP) is 6.85. The van der Waals surface area contributed by atoms with Gasteiger partial charge in [0.2, 0.25) is 0 Å². The minimum Gasteiger partial charge on any atom is -0.321 e. The Balaban J connectivity index is 1.74. The molecular weight excluding hydrogens is 446 g/mol. The van der Waals surface area contributed by atoms with Crippen molar-refractivity contribution in [2.75, 3.05) is 10.4 Å². The standard InChI is InChI=1S/C23H26F6N4/c1-2-3-4-5-21-20(32-31-18-10-6-16(7-11-18)22(24,25)26)14-15-30-33(21)19-12-8-17(9-13-19)23(27,28)29/h6-13,15,20-21,31-32H,2-5,14H2,1H3. The van der Waals surface area contributed by atoms with Gasteiger partial charge in [-0.05, 0) is 55.0 Å². The highest BCUT2D eigenvalue weighted by Crippen LogP contribution is 2.33. The van der Waals surface area contributed by atoms with Crippen molar-refractivity contribution in [1.82, 2.24) is 5.43 Å². The monoisotopic (exact) mass is 472 g/mol. The van der Waals surface area contributed by atoms with Gasteiger partial charge in [0.05, 0.1) is 28.9 Å². The minimum absolute atomic E-state index is 0.153. The molecule has 2 unspecified atom stereocenters. The first kappa shape index (κ1) is 24.9. The lowest BCUT2D eigenvalue weighted by molar-refractivity contribution is -0.138. The molecule has 4 nitrogen and oxygen atoms in total. The molecule has 10 heteroatoms. The first-order valence-corrected chi connectivity index (χ1v) is 10.8. The zero-order valence-corrected chi connectivity index (χ0v) is 18.0. The average Bonchev–Trinajstić information content (AvgIpc) is 2.77. The molecule has 1 aliphatic heterocycles. The van der Waals surface area contributed by atoms with Crippen molar-refractivity contribution >= 4 is 17.6 Å². The molecular formula is C23H26F6N4. The maximum absolute atomic E-state index is 12.9. The van der Waals surface area contributed by atoms with Crippen LogP contribution in [-0.2, 0) is 12.4 Å². The van der Waals surface area contributed by atoms with Crippen LogP contribution in [0.4, 0.5) is 37.7 Å². The SMILES string of the molecule is CCCCCC1C(NNc2ccc(C(F)(F)F)cc2)CC=NN1c1ccc(C(F)(F)F)cc1. The zero-order valence-electron chi connectivity index (χ0n) is 18.0. The molecule has 33 heavy (non-hydrogen) atoms.